The third-order valence-electron chi connectivity index (χ3n) is 2.30. The average Bonchev–Trinajstić information content (AvgIpc) is 2.79. The second kappa shape index (κ2) is 6.02. The van der Waals surface area contributed by atoms with Crippen LogP contribution in [0.4, 0.5) is 14.5 Å². The van der Waals surface area contributed by atoms with E-state index in [4.69, 9.17) is 16.3 Å². The highest BCUT2D eigenvalue weighted by molar-refractivity contribution is 9.10. The van der Waals surface area contributed by atoms with Gasteiger partial charge in [0.15, 0.2) is 16.0 Å². The summed E-state index contributed by atoms with van der Waals surface area (Å²) in [4.78, 5) is 4.76. The zero-order valence-corrected chi connectivity index (χ0v) is 12.8. The molecular weight excluding hydrogens is 362 g/mol. The zero-order valence-electron chi connectivity index (χ0n) is 9.64. The molecule has 0 atom stereocenters. The number of thiazole rings is 1. The first-order valence-electron chi connectivity index (χ1n) is 5.08. The maximum atomic E-state index is 13.7. The van der Waals surface area contributed by atoms with E-state index in [0.29, 0.717) is 16.7 Å². The molecule has 1 aromatic heterocycles. The van der Waals surface area contributed by atoms with E-state index < -0.39 is 11.6 Å². The van der Waals surface area contributed by atoms with Gasteiger partial charge in [-0.1, -0.05) is 11.6 Å². The molecule has 0 fully saturated rings. The Balaban J connectivity index is 2.24. The molecule has 0 radical (unpaired) electrons. The van der Waals surface area contributed by atoms with Crippen molar-refractivity contribution in [3.63, 3.8) is 0 Å². The lowest BCUT2D eigenvalue weighted by Crippen LogP contribution is -2.03. The molecule has 0 spiro atoms. The van der Waals surface area contributed by atoms with Crippen LogP contribution in [0.25, 0.3) is 0 Å². The van der Waals surface area contributed by atoms with Crippen molar-refractivity contribution in [1.82, 2.24) is 4.98 Å². The molecule has 8 heteroatoms. The number of benzene rings is 1. The molecule has 2 aromatic rings. The fraction of sp³-hybridized carbons (Fsp3) is 0.182. The predicted octanol–water partition coefficient (Wildman–Crippen LogP) is 4.46. The molecule has 0 aliphatic heterocycles. The summed E-state index contributed by atoms with van der Waals surface area (Å²) in [6.45, 7) is 0.387. The number of anilines is 1. The highest BCUT2D eigenvalue weighted by Crippen LogP contribution is 2.34. The minimum atomic E-state index is -1.04. The quantitative estimate of drug-likeness (QED) is 0.808. The standard InChI is InChI=1S/C11H8BrClF2N2OS/c1-18-10-7(2-6(12)8(14)9(10)15)16-3-5-4-17-11(13)19-5/h2,4,16H,3H2,1H3. The molecule has 0 saturated carbocycles. The van der Waals surface area contributed by atoms with E-state index in [0.717, 1.165) is 4.88 Å². The average molecular weight is 370 g/mol. The third kappa shape index (κ3) is 3.16. The Morgan fingerprint density at radius 1 is 1.47 bits per heavy atom. The van der Waals surface area contributed by atoms with Gasteiger partial charge in [-0.15, -0.1) is 11.3 Å². The van der Waals surface area contributed by atoms with Gasteiger partial charge in [0, 0.05) is 11.1 Å². The van der Waals surface area contributed by atoms with Crippen LogP contribution in [0, 0.1) is 11.6 Å². The van der Waals surface area contributed by atoms with Gasteiger partial charge in [-0.2, -0.15) is 4.39 Å². The van der Waals surface area contributed by atoms with Gasteiger partial charge < -0.3 is 10.1 Å². The fourth-order valence-electron chi connectivity index (χ4n) is 1.46. The van der Waals surface area contributed by atoms with E-state index in [2.05, 4.69) is 26.2 Å². The Bertz CT molecular complexity index is 609. The Morgan fingerprint density at radius 3 is 2.79 bits per heavy atom. The normalized spacial score (nSPS) is 10.6. The van der Waals surface area contributed by atoms with Crippen LogP contribution in [0.3, 0.4) is 0 Å². The lowest BCUT2D eigenvalue weighted by atomic mass is 10.2. The van der Waals surface area contributed by atoms with Crippen LogP contribution in [-0.2, 0) is 6.54 Å². The van der Waals surface area contributed by atoms with Crippen LogP contribution in [0.5, 0.6) is 5.75 Å². The molecule has 0 bridgehead atoms. The Kier molecular flexibility index (Phi) is 4.59. The number of aromatic nitrogens is 1. The van der Waals surface area contributed by atoms with Crippen molar-refractivity contribution in [3.8, 4) is 5.75 Å². The molecule has 0 amide bonds. The number of ether oxygens (including phenoxy) is 1. The van der Waals surface area contributed by atoms with Crippen molar-refractivity contribution in [2.75, 3.05) is 12.4 Å². The second-order valence-electron chi connectivity index (χ2n) is 3.50. The molecule has 2 rings (SSSR count). The number of methoxy groups -OCH3 is 1. The molecule has 0 saturated heterocycles. The van der Waals surface area contributed by atoms with Crippen molar-refractivity contribution in [1.29, 1.82) is 0 Å². The SMILES string of the molecule is COc1c(NCc2cnc(Cl)s2)cc(Br)c(F)c1F. The Morgan fingerprint density at radius 2 is 2.21 bits per heavy atom. The number of nitrogens with zero attached hydrogens (tertiary/aromatic N) is 1. The first-order valence-corrected chi connectivity index (χ1v) is 7.07. The largest absolute Gasteiger partial charge is 0.491 e. The van der Waals surface area contributed by atoms with Gasteiger partial charge in [0.1, 0.15) is 0 Å². The van der Waals surface area contributed by atoms with Gasteiger partial charge in [0.25, 0.3) is 0 Å². The van der Waals surface area contributed by atoms with Crippen molar-refractivity contribution in [2.24, 2.45) is 0 Å². The lowest BCUT2D eigenvalue weighted by Gasteiger charge is -2.12. The molecule has 102 valence electrons. The summed E-state index contributed by atoms with van der Waals surface area (Å²) in [6.07, 6.45) is 1.61. The predicted molar refractivity (Wildman–Crippen MR) is 75.1 cm³/mol. The van der Waals surface area contributed by atoms with Crippen LogP contribution >= 0.6 is 38.9 Å². The van der Waals surface area contributed by atoms with Crippen molar-refractivity contribution in [2.45, 2.75) is 6.54 Å². The smallest absolute Gasteiger partial charge is 0.203 e. The summed E-state index contributed by atoms with van der Waals surface area (Å²) in [6, 6.07) is 1.42. The Labute approximate surface area is 125 Å². The molecule has 3 nitrogen and oxygen atoms in total. The third-order valence-corrected chi connectivity index (χ3v) is 3.99. The van der Waals surface area contributed by atoms with Crippen LogP contribution in [-0.4, -0.2) is 12.1 Å². The van der Waals surface area contributed by atoms with Gasteiger partial charge in [0.05, 0.1) is 23.8 Å². The molecular formula is C11H8BrClF2N2OS. The van der Waals surface area contributed by atoms with E-state index in [9.17, 15) is 8.78 Å². The number of halogens is 4. The first-order chi connectivity index (χ1) is 9.02. The monoisotopic (exact) mass is 368 g/mol. The van der Waals surface area contributed by atoms with E-state index >= 15 is 0 Å². The molecule has 0 unspecified atom stereocenters. The maximum absolute atomic E-state index is 13.7. The van der Waals surface area contributed by atoms with Crippen molar-refractivity contribution < 1.29 is 13.5 Å². The van der Waals surface area contributed by atoms with E-state index in [1.54, 1.807) is 6.20 Å². The minimum absolute atomic E-state index is 0.0237. The second-order valence-corrected chi connectivity index (χ2v) is 6.05. The maximum Gasteiger partial charge on any atom is 0.203 e. The van der Waals surface area contributed by atoms with Crippen LogP contribution < -0.4 is 10.1 Å². The molecule has 0 aliphatic carbocycles. The van der Waals surface area contributed by atoms with E-state index in [1.807, 2.05) is 0 Å². The highest BCUT2D eigenvalue weighted by atomic mass is 79.9. The Hall–Kier alpha value is -0.920. The molecule has 19 heavy (non-hydrogen) atoms. The fourth-order valence-corrected chi connectivity index (χ4v) is 2.78. The molecule has 1 N–H and O–H groups in total. The minimum Gasteiger partial charge on any atom is -0.491 e. The number of nitrogens with one attached hydrogen (secondary N) is 1. The van der Waals surface area contributed by atoms with E-state index in [-0.39, 0.29) is 10.2 Å². The number of hydrogen-bond donors (Lipinski definition) is 1. The summed E-state index contributed by atoms with van der Waals surface area (Å²) in [5.41, 5.74) is 0.345. The van der Waals surface area contributed by atoms with Gasteiger partial charge in [-0.05, 0) is 22.0 Å². The van der Waals surface area contributed by atoms with Gasteiger partial charge in [-0.3, -0.25) is 0 Å². The molecule has 1 heterocycles. The summed E-state index contributed by atoms with van der Waals surface area (Å²) in [5, 5.41) is 2.95. The summed E-state index contributed by atoms with van der Waals surface area (Å²) in [7, 11) is 1.28. The van der Waals surface area contributed by atoms with Crippen LogP contribution in [0.2, 0.25) is 4.47 Å². The van der Waals surface area contributed by atoms with Crippen LogP contribution in [0.1, 0.15) is 4.88 Å². The van der Waals surface area contributed by atoms with Gasteiger partial charge in [-0.25, -0.2) is 9.37 Å². The van der Waals surface area contributed by atoms with Crippen molar-refractivity contribution >= 4 is 44.6 Å². The first kappa shape index (κ1) is 14.5. The van der Waals surface area contributed by atoms with Crippen LogP contribution in [0.15, 0.2) is 16.7 Å². The van der Waals surface area contributed by atoms with Gasteiger partial charge >= 0.3 is 0 Å². The summed E-state index contributed by atoms with van der Waals surface area (Å²) < 4.78 is 32.3. The molecule has 1 aromatic carbocycles. The van der Waals surface area contributed by atoms with E-state index in [1.165, 1.54) is 24.5 Å². The van der Waals surface area contributed by atoms with Gasteiger partial charge in [0.2, 0.25) is 5.82 Å². The number of hydrogen-bond acceptors (Lipinski definition) is 4. The topological polar surface area (TPSA) is 34.1 Å². The molecule has 0 aliphatic rings. The summed E-state index contributed by atoms with van der Waals surface area (Å²) >= 11 is 9.96. The zero-order chi connectivity index (χ0) is 14.0. The summed E-state index contributed by atoms with van der Waals surface area (Å²) in [5.74, 6) is -2.19. The highest BCUT2D eigenvalue weighted by Gasteiger charge is 2.18. The number of rotatable bonds is 4. The van der Waals surface area contributed by atoms with Crippen molar-refractivity contribution in [3.05, 3.63) is 37.7 Å². The lowest BCUT2D eigenvalue weighted by molar-refractivity contribution is 0.372.